The molecule has 4 aromatic rings. The number of carbonyl (C=O) groups excluding carboxylic acids is 2. The molecule has 0 saturated heterocycles. The Balaban J connectivity index is 1.53. The number of benzene rings is 1. The molecule has 4 N–H and O–H groups in total. The summed E-state index contributed by atoms with van der Waals surface area (Å²) in [6.07, 6.45) is -2.60. The van der Waals surface area contributed by atoms with Crippen LogP contribution in [0.3, 0.4) is 0 Å². The highest BCUT2D eigenvalue weighted by Gasteiger charge is 2.31. The average Bonchev–Trinajstić information content (AvgIpc) is 3.44. The van der Waals surface area contributed by atoms with Crippen LogP contribution in [-0.4, -0.2) is 39.3 Å². The third-order valence-corrected chi connectivity index (χ3v) is 5.25. The van der Waals surface area contributed by atoms with Crippen LogP contribution in [0.15, 0.2) is 36.7 Å². The fourth-order valence-electron chi connectivity index (χ4n) is 2.76. The van der Waals surface area contributed by atoms with Gasteiger partial charge < -0.3 is 15.4 Å². The number of H-pyrrole nitrogens is 1. The molecule has 0 saturated carbocycles. The summed E-state index contributed by atoms with van der Waals surface area (Å²) in [5, 5.41) is 13.7. The average molecular weight is 495 g/mol. The van der Waals surface area contributed by atoms with Gasteiger partial charge in [0.2, 0.25) is 0 Å². The molecule has 0 aliphatic carbocycles. The Kier molecular flexibility index (Phi) is 6.02. The molecule has 34 heavy (non-hydrogen) atoms. The van der Waals surface area contributed by atoms with Crippen molar-refractivity contribution in [2.75, 3.05) is 17.7 Å². The lowest BCUT2D eigenvalue weighted by Gasteiger charge is -2.11. The maximum absolute atomic E-state index is 13.9. The van der Waals surface area contributed by atoms with E-state index in [0.29, 0.717) is 39.8 Å². The first-order chi connectivity index (χ1) is 16.1. The number of ether oxygens (including phenoxy) is 1. The molecular formula is C19H13F4N7O3S. The van der Waals surface area contributed by atoms with Crippen LogP contribution in [0.2, 0.25) is 0 Å². The van der Waals surface area contributed by atoms with Gasteiger partial charge in [-0.2, -0.15) is 18.3 Å². The molecule has 0 spiro atoms. The van der Waals surface area contributed by atoms with Crippen molar-refractivity contribution < 1.29 is 31.9 Å². The first-order valence-electron chi connectivity index (χ1n) is 9.28. The number of hydrogen-bond donors (Lipinski definition) is 4. The summed E-state index contributed by atoms with van der Waals surface area (Å²) < 4.78 is 57.6. The molecule has 0 atom stereocenters. The summed E-state index contributed by atoms with van der Waals surface area (Å²) >= 11 is 0.971. The fourth-order valence-corrected chi connectivity index (χ4v) is 3.53. The van der Waals surface area contributed by atoms with Crippen molar-refractivity contribution in [1.82, 2.24) is 25.5 Å². The number of halogens is 4. The van der Waals surface area contributed by atoms with Gasteiger partial charge in [-0.3, -0.25) is 10.4 Å². The zero-order chi connectivity index (χ0) is 24.5. The Labute approximate surface area is 191 Å². The summed E-state index contributed by atoms with van der Waals surface area (Å²) in [6, 6.07) is 2.13. The topological polar surface area (TPSA) is 134 Å². The minimum absolute atomic E-state index is 0.0557. The van der Waals surface area contributed by atoms with Gasteiger partial charge in [-0.25, -0.2) is 23.9 Å². The molecule has 10 nitrogen and oxygen atoms in total. The lowest BCUT2D eigenvalue weighted by Crippen LogP contribution is -2.22. The fraction of sp³-hybridized carbons (Fsp3) is 0.105. The Bertz CT molecular complexity index is 1390. The van der Waals surface area contributed by atoms with Crippen molar-refractivity contribution in [1.29, 1.82) is 0 Å². The number of thiazole rings is 1. The molecule has 176 valence electrons. The van der Waals surface area contributed by atoms with Crippen molar-refractivity contribution in [3.05, 3.63) is 48.0 Å². The van der Waals surface area contributed by atoms with E-state index in [-0.39, 0.29) is 10.9 Å². The van der Waals surface area contributed by atoms with Gasteiger partial charge in [-0.05, 0) is 18.2 Å². The minimum atomic E-state index is -4.70. The Morgan fingerprint density at radius 1 is 1.15 bits per heavy atom. The van der Waals surface area contributed by atoms with Crippen LogP contribution in [0.25, 0.3) is 21.6 Å². The standard InChI is InChI=1S/C19H13F4N7O3S/c1-24-18(32)33-13-5-12(27-15-9(13)6-26-30-15)14-7-25-17(34-14)29-16(31)28-11-4-8(19(21,22)23)2-3-10(11)20/h2-7H,1H3,(H,24,32)(H,26,27,30)(H2,25,28,29,31). The molecule has 0 fully saturated rings. The van der Waals surface area contributed by atoms with Crippen molar-refractivity contribution >= 4 is 45.3 Å². The number of aromatic amines is 1. The third kappa shape index (κ3) is 4.88. The molecule has 0 radical (unpaired) electrons. The third-order valence-electron chi connectivity index (χ3n) is 4.31. The van der Waals surface area contributed by atoms with Crippen LogP contribution in [-0.2, 0) is 6.18 Å². The monoisotopic (exact) mass is 495 g/mol. The molecule has 0 aliphatic rings. The van der Waals surface area contributed by atoms with E-state index in [1.54, 1.807) is 0 Å². The van der Waals surface area contributed by atoms with E-state index in [4.69, 9.17) is 4.74 Å². The van der Waals surface area contributed by atoms with Crippen LogP contribution < -0.4 is 20.7 Å². The van der Waals surface area contributed by atoms with E-state index in [9.17, 15) is 27.2 Å². The van der Waals surface area contributed by atoms with E-state index in [0.717, 1.165) is 11.3 Å². The summed E-state index contributed by atoms with van der Waals surface area (Å²) in [5.74, 6) is -0.863. The van der Waals surface area contributed by atoms with E-state index < -0.39 is 35.4 Å². The lowest BCUT2D eigenvalue weighted by atomic mass is 10.2. The van der Waals surface area contributed by atoms with Gasteiger partial charge in [-0.1, -0.05) is 11.3 Å². The molecular weight excluding hydrogens is 482 g/mol. The number of nitrogens with one attached hydrogen (secondary N) is 4. The van der Waals surface area contributed by atoms with E-state index in [1.807, 2.05) is 5.32 Å². The normalized spacial score (nSPS) is 11.3. The van der Waals surface area contributed by atoms with E-state index >= 15 is 0 Å². The second-order valence-corrected chi connectivity index (χ2v) is 7.61. The predicted octanol–water partition coefficient (Wildman–Crippen LogP) is 4.60. The second kappa shape index (κ2) is 8.93. The molecule has 3 heterocycles. The zero-order valence-electron chi connectivity index (χ0n) is 17.0. The number of urea groups is 1. The number of rotatable bonds is 4. The highest BCUT2D eigenvalue weighted by atomic mass is 32.1. The summed E-state index contributed by atoms with van der Waals surface area (Å²) in [6.45, 7) is 0. The molecule has 15 heteroatoms. The quantitative estimate of drug-likeness (QED) is 0.306. The maximum atomic E-state index is 13.9. The predicted molar refractivity (Wildman–Crippen MR) is 114 cm³/mol. The van der Waals surface area contributed by atoms with Gasteiger partial charge in [0.15, 0.2) is 10.8 Å². The molecule has 1 aromatic carbocycles. The molecule has 4 rings (SSSR count). The Morgan fingerprint density at radius 2 is 1.94 bits per heavy atom. The molecule has 3 aromatic heterocycles. The largest absolute Gasteiger partial charge is 0.416 e. The number of amides is 3. The number of alkyl halides is 3. The van der Waals surface area contributed by atoms with Gasteiger partial charge >= 0.3 is 18.3 Å². The van der Waals surface area contributed by atoms with Gasteiger partial charge in [0, 0.05) is 19.3 Å². The minimum Gasteiger partial charge on any atom is -0.409 e. The zero-order valence-corrected chi connectivity index (χ0v) is 17.8. The van der Waals surface area contributed by atoms with Crippen LogP contribution in [0.1, 0.15) is 5.56 Å². The van der Waals surface area contributed by atoms with Crippen LogP contribution in [0.5, 0.6) is 5.75 Å². The number of hydrogen-bond acceptors (Lipinski definition) is 7. The molecule has 3 amide bonds. The Hall–Kier alpha value is -4.27. The number of nitrogens with zero attached hydrogens (tertiary/aromatic N) is 3. The highest BCUT2D eigenvalue weighted by molar-refractivity contribution is 7.19. The Morgan fingerprint density at radius 3 is 2.68 bits per heavy atom. The van der Waals surface area contributed by atoms with Gasteiger partial charge in [0.1, 0.15) is 11.6 Å². The van der Waals surface area contributed by atoms with Crippen molar-refractivity contribution in [2.24, 2.45) is 0 Å². The summed E-state index contributed by atoms with van der Waals surface area (Å²) in [4.78, 5) is 32.7. The van der Waals surface area contributed by atoms with E-state index in [1.165, 1.54) is 25.5 Å². The highest BCUT2D eigenvalue weighted by Crippen LogP contribution is 2.34. The van der Waals surface area contributed by atoms with E-state index in [2.05, 4.69) is 30.8 Å². The summed E-state index contributed by atoms with van der Waals surface area (Å²) in [5.41, 5.74) is -1.09. The van der Waals surface area contributed by atoms with Crippen molar-refractivity contribution in [2.45, 2.75) is 6.18 Å². The van der Waals surface area contributed by atoms with Crippen LogP contribution >= 0.6 is 11.3 Å². The van der Waals surface area contributed by atoms with Crippen molar-refractivity contribution in [3.8, 4) is 16.3 Å². The SMILES string of the molecule is CNC(=O)Oc1cc(-c2cnc(NC(=O)Nc3cc(C(F)(F)F)ccc3F)s2)nc2[nH]ncc12. The number of fused-ring (bicyclic) bond motifs is 1. The molecule has 0 bridgehead atoms. The van der Waals surface area contributed by atoms with Crippen LogP contribution in [0.4, 0.5) is 38.0 Å². The van der Waals surface area contributed by atoms with Gasteiger partial charge in [-0.15, -0.1) is 0 Å². The first-order valence-corrected chi connectivity index (χ1v) is 10.1. The molecule has 0 unspecified atom stereocenters. The number of carbonyl (C=O) groups is 2. The first kappa shape index (κ1) is 22.9. The lowest BCUT2D eigenvalue weighted by molar-refractivity contribution is -0.137. The van der Waals surface area contributed by atoms with Crippen LogP contribution in [0, 0.1) is 5.82 Å². The maximum Gasteiger partial charge on any atom is 0.416 e. The molecule has 0 aliphatic heterocycles. The number of aromatic nitrogens is 4. The van der Waals surface area contributed by atoms with Gasteiger partial charge in [0.05, 0.1) is 33.4 Å². The summed E-state index contributed by atoms with van der Waals surface area (Å²) in [7, 11) is 1.40. The van der Waals surface area contributed by atoms with Crippen molar-refractivity contribution in [3.63, 3.8) is 0 Å². The smallest absolute Gasteiger partial charge is 0.409 e. The second-order valence-electron chi connectivity index (χ2n) is 6.58. The number of anilines is 2. The number of pyridine rings is 1. The van der Waals surface area contributed by atoms with Gasteiger partial charge in [0.25, 0.3) is 0 Å².